The first kappa shape index (κ1) is 25.5. The lowest BCUT2D eigenvalue weighted by molar-refractivity contribution is -0.122. The maximum absolute atomic E-state index is 13.5. The zero-order valence-electron chi connectivity index (χ0n) is 21.3. The number of aromatic nitrogens is 2. The summed E-state index contributed by atoms with van der Waals surface area (Å²) in [6.07, 6.45) is 1.42. The molecule has 3 aromatic carbocycles. The highest BCUT2D eigenvalue weighted by Crippen LogP contribution is 2.41. The van der Waals surface area contributed by atoms with Crippen molar-refractivity contribution in [1.82, 2.24) is 15.3 Å². The number of benzene rings is 3. The Balaban J connectivity index is 0.00000294. The van der Waals surface area contributed by atoms with Crippen molar-refractivity contribution in [3.63, 3.8) is 0 Å². The maximum Gasteiger partial charge on any atom is 0.259 e. The van der Waals surface area contributed by atoms with Crippen LogP contribution in [0.1, 0.15) is 46.1 Å². The van der Waals surface area contributed by atoms with E-state index in [1.54, 1.807) is 0 Å². The minimum Gasteiger partial charge on any atom is -0.358 e. The molecule has 0 saturated heterocycles. The third kappa shape index (κ3) is 4.02. The van der Waals surface area contributed by atoms with E-state index in [0.717, 1.165) is 67.4 Å². The van der Waals surface area contributed by atoms with Crippen LogP contribution in [0, 0.1) is 6.92 Å². The Bertz CT molecular complexity index is 1760. The molecule has 5 N–H and O–H groups in total. The van der Waals surface area contributed by atoms with Crippen molar-refractivity contribution in [2.24, 2.45) is 5.73 Å². The Morgan fingerprint density at radius 1 is 0.789 bits per heavy atom. The molecule has 0 fully saturated rings. The summed E-state index contributed by atoms with van der Waals surface area (Å²) in [6.45, 7) is 4.52. The molecule has 0 radical (unpaired) electrons. The number of aromatic amines is 2. The molecule has 0 atom stereocenters. The SMILES string of the molecule is CCc1cccc2c(C3=C(c4c(C)[nH]c5ccccc45)C(=O)NC3=O)c(Cc3cccc(CN)c3)[nH]c12.Cl. The van der Waals surface area contributed by atoms with Crippen molar-refractivity contribution in [2.45, 2.75) is 33.2 Å². The molecular weight excluding hydrogens is 496 g/mol. The summed E-state index contributed by atoms with van der Waals surface area (Å²) in [6, 6.07) is 22.2. The first-order valence-electron chi connectivity index (χ1n) is 12.6. The molecule has 2 amide bonds. The maximum atomic E-state index is 13.5. The molecule has 6 rings (SSSR count). The highest BCUT2D eigenvalue weighted by Gasteiger charge is 2.37. The molecule has 0 bridgehead atoms. The van der Waals surface area contributed by atoms with Gasteiger partial charge >= 0.3 is 0 Å². The van der Waals surface area contributed by atoms with Crippen LogP contribution in [0.25, 0.3) is 33.0 Å². The van der Waals surface area contributed by atoms with E-state index >= 15 is 0 Å². The highest BCUT2D eigenvalue weighted by molar-refractivity contribution is 6.51. The number of carbonyl (C=O) groups excluding carboxylic acids is 2. The molecule has 0 aliphatic carbocycles. The Morgan fingerprint density at radius 2 is 1.47 bits per heavy atom. The summed E-state index contributed by atoms with van der Waals surface area (Å²) in [5.41, 5.74) is 15.3. The predicted molar refractivity (Wildman–Crippen MR) is 155 cm³/mol. The molecule has 7 heteroatoms. The van der Waals surface area contributed by atoms with E-state index in [1.807, 2.05) is 55.5 Å². The van der Waals surface area contributed by atoms with E-state index in [2.05, 4.69) is 40.4 Å². The first-order valence-corrected chi connectivity index (χ1v) is 12.6. The summed E-state index contributed by atoms with van der Waals surface area (Å²) in [5, 5.41) is 4.46. The number of hydrogen-bond donors (Lipinski definition) is 4. The van der Waals surface area contributed by atoms with Crippen LogP contribution in [-0.2, 0) is 29.0 Å². The van der Waals surface area contributed by atoms with Gasteiger partial charge in [-0.1, -0.05) is 67.6 Å². The summed E-state index contributed by atoms with van der Waals surface area (Å²) in [4.78, 5) is 33.9. The normalized spacial score (nSPS) is 13.4. The van der Waals surface area contributed by atoms with Gasteiger partial charge in [0, 0.05) is 57.3 Å². The molecule has 6 nitrogen and oxygen atoms in total. The van der Waals surface area contributed by atoms with Gasteiger partial charge in [-0.05, 0) is 36.1 Å². The molecule has 0 saturated carbocycles. The number of nitrogens with two attached hydrogens (primary N) is 1. The Hall–Kier alpha value is -4.13. The van der Waals surface area contributed by atoms with Gasteiger partial charge in [-0.3, -0.25) is 14.9 Å². The summed E-state index contributed by atoms with van der Waals surface area (Å²) in [5.74, 6) is -0.741. The van der Waals surface area contributed by atoms with Crippen molar-refractivity contribution >= 4 is 57.2 Å². The number of carbonyl (C=O) groups is 2. The largest absolute Gasteiger partial charge is 0.358 e. The van der Waals surface area contributed by atoms with Crippen molar-refractivity contribution < 1.29 is 9.59 Å². The zero-order chi connectivity index (χ0) is 25.7. The standard InChI is InChI=1S/C31H28N4O2.ClH/c1-3-20-10-7-12-22-26(24(34-29(20)22)15-18-8-6-9-19(14-18)16-32)28-27(30(36)35-31(28)37)25-17(2)33-23-13-5-4-11-21(23)25;/h4-14,33-34H,3,15-16,32H2,1-2H3,(H,35,36,37);1H. The molecular formula is C31H29ClN4O2. The van der Waals surface area contributed by atoms with Crippen LogP contribution in [0.3, 0.4) is 0 Å². The molecule has 2 aromatic heterocycles. The zero-order valence-corrected chi connectivity index (χ0v) is 22.1. The van der Waals surface area contributed by atoms with Gasteiger partial charge in [0.05, 0.1) is 11.1 Å². The molecule has 1 aliphatic heterocycles. The Morgan fingerprint density at radius 3 is 2.24 bits per heavy atom. The average molecular weight is 525 g/mol. The van der Waals surface area contributed by atoms with Gasteiger partial charge in [0.15, 0.2) is 0 Å². The van der Waals surface area contributed by atoms with E-state index in [1.165, 1.54) is 0 Å². The van der Waals surface area contributed by atoms with Gasteiger partial charge in [-0.2, -0.15) is 0 Å². The topological polar surface area (TPSA) is 104 Å². The first-order chi connectivity index (χ1) is 18.0. The summed E-state index contributed by atoms with van der Waals surface area (Å²) < 4.78 is 0. The van der Waals surface area contributed by atoms with Crippen molar-refractivity contribution in [1.29, 1.82) is 0 Å². The van der Waals surface area contributed by atoms with Gasteiger partial charge in [0.2, 0.25) is 0 Å². The molecule has 192 valence electrons. The molecule has 38 heavy (non-hydrogen) atoms. The van der Waals surface area contributed by atoms with Gasteiger partial charge in [-0.25, -0.2) is 0 Å². The van der Waals surface area contributed by atoms with Crippen LogP contribution in [0.2, 0.25) is 0 Å². The fourth-order valence-corrected chi connectivity index (χ4v) is 5.65. The third-order valence-electron chi connectivity index (χ3n) is 7.31. The second-order valence-electron chi connectivity index (χ2n) is 9.58. The number of nitrogens with one attached hydrogen (secondary N) is 3. The monoisotopic (exact) mass is 524 g/mol. The minimum atomic E-state index is -0.371. The smallest absolute Gasteiger partial charge is 0.259 e. The number of hydrogen-bond acceptors (Lipinski definition) is 3. The van der Waals surface area contributed by atoms with Crippen LogP contribution in [0.4, 0.5) is 0 Å². The van der Waals surface area contributed by atoms with E-state index in [9.17, 15) is 9.59 Å². The Labute approximate surface area is 226 Å². The fraction of sp³-hybridized carbons (Fsp3) is 0.161. The van der Waals surface area contributed by atoms with Crippen LogP contribution in [0.15, 0.2) is 66.7 Å². The van der Waals surface area contributed by atoms with Gasteiger partial charge < -0.3 is 15.7 Å². The van der Waals surface area contributed by atoms with Crippen molar-refractivity contribution in [3.8, 4) is 0 Å². The minimum absolute atomic E-state index is 0. The lowest BCUT2D eigenvalue weighted by atomic mass is 9.91. The Kier molecular flexibility index (Phi) is 6.69. The quantitative estimate of drug-likeness (QED) is 0.219. The lowest BCUT2D eigenvalue weighted by Crippen LogP contribution is -2.23. The van der Waals surface area contributed by atoms with Gasteiger partial charge in [0.1, 0.15) is 0 Å². The van der Waals surface area contributed by atoms with E-state index < -0.39 is 0 Å². The molecule has 0 spiro atoms. The van der Waals surface area contributed by atoms with E-state index in [0.29, 0.717) is 24.1 Å². The fourth-order valence-electron chi connectivity index (χ4n) is 5.65. The highest BCUT2D eigenvalue weighted by atomic mass is 35.5. The number of aryl methyl sites for hydroxylation is 2. The predicted octanol–water partition coefficient (Wildman–Crippen LogP) is 5.56. The third-order valence-corrected chi connectivity index (χ3v) is 7.31. The van der Waals surface area contributed by atoms with E-state index in [4.69, 9.17) is 5.73 Å². The molecule has 1 aliphatic rings. The number of rotatable bonds is 6. The number of fused-ring (bicyclic) bond motifs is 2. The second kappa shape index (κ2) is 9.97. The summed E-state index contributed by atoms with van der Waals surface area (Å²) in [7, 11) is 0. The van der Waals surface area contributed by atoms with Crippen LogP contribution in [-0.4, -0.2) is 21.8 Å². The van der Waals surface area contributed by atoms with Gasteiger partial charge in [0.25, 0.3) is 11.8 Å². The van der Waals surface area contributed by atoms with Crippen molar-refractivity contribution in [2.75, 3.05) is 0 Å². The van der Waals surface area contributed by atoms with Gasteiger partial charge in [-0.15, -0.1) is 12.4 Å². The number of halogens is 1. The number of imide groups is 1. The summed E-state index contributed by atoms with van der Waals surface area (Å²) >= 11 is 0. The lowest BCUT2D eigenvalue weighted by Gasteiger charge is -2.09. The molecule has 3 heterocycles. The number of amides is 2. The average Bonchev–Trinajstić information content (AvgIpc) is 3.52. The van der Waals surface area contributed by atoms with Crippen LogP contribution < -0.4 is 11.1 Å². The van der Waals surface area contributed by atoms with Crippen LogP contribution in [0.5, 0.6) is 0 Å². The molecule has 5 aromatic rings. The van der Waals surface area contributed by atoms with Crippen LogP contribution >= 0.6 is 12.4 Å². The van der Waals surface area contributed by atoms with E-state index in [-0.39, 0.29) is 24.2 Å². The number of H-pyrrole nitrogens is 2. The van der Waals surface area contributed by atoms with Crippen molar-refractivity contribution in [3.05, 3.63) is 106 Å². The second-order valence-corrected chi connectivity index (χ2v) is 9.58. The number of para-hydroxylation sites is 2. The molecule has 0 unspecified atom stereocenters.